The van der Waals surface area contributed by atoms with E-state index >= 15 is 0 Å². The molecule has 5 N–H and O–H groups in total. The number of fused-ring (bicyclic) bond motifs is 1. The SMILES string of the molecule is CCc1nc2c(c(N)c1CC)C(c1cccc(N)c1)C(C(=O)OC)=C(C)N2. The number of nitrogens with zero attached hydrogens (tertiary/aromatic N) is 1. The molecule has 0 amide bonds. The standard InChI is InChI=1S/C21H26N4O2/c1-5-14-15(6-2)25-20-18(19(14)23)17(12-8-7-9-13(22)10-12)16(11(3)24-20)21(26)27-4/h7-10,17H,5-6,22H2,1-4H3,(H3,23,24,25). The molecule has 0 saturated heterocycles. The zero-order valence-electron chi connectivity index (χ0n) is 16.2. The highest BCUT2D eigenvalue weighted by Gasteiger charge is 2.36. The number of benzene rings is 1. The van der Waals surface area contributed by atoms with E-state index in [9.17, 15) is 4.79 Å². The fourth-order valence-corrected chi connectivity index (χ4v) is 3.84. The lowest BCUT2D eigenvalue weighted by molar-refractivity contribution is -0.136. The van der Waals surface area contributed by atoms with Crippen LogP contribution in [-0.2, 0) is 22.4 Å². The third kappa shape index (κ3) is 3.12. The van der Waals surface area contributed by atoms with E-state index in [1.54, 1.807) is 0 Å². The molecule has 1 aliphatic heterocycles. The Labute approximate surface area is 159 Å². The van der Waals surface area contributed by atoms with E-state index in [0.717, 1.165) is 35.2 Å². The van der Waals surface area contributed by atoms with E-state index in [-0.39, 0.29) is 5.92 Å². The van der Waals surface area contributed by atoms with Crippen molar-refractivity contribution in [1.82, 2.24) is 4.98 Å². The number of aromatic nitrogens is 1. The number of hydrogen-bond donors (Lipinski definition) is 3. The Kier molecular flexibility index (Phi) is 5.08. The molecule has 3 rings (SSSR count). The van der Waals surface area contributed by atoms with Crippen LogP contribution in [0.25, 0.3) is 0 Å². The van der Waals surface area contributed by atoms with Crippen molar-refractivity contribution in [3.8, 4) is 0 Å². The summed E-state index contributed by atoms with van der Waals surface area (Å²) in [6.07, 6.45) is 1.56. The minimum Gasteiger partial charge on any atom is -0.466 e. The van der Waals surface area contributed by atoms with Gasteiger partial charge in [-0.05, 0) is 43.0 Å². The van der Waals surface area contributed by atoms with E-state index in [1.165, 1.54) is 7.11 Å². The molecule has 27 heavy (non-hydrogen) atoms. The number of carbonyl (C=O) groups excluding carboxylic acids is 1. The summed E-state index contributed by atoms with van der Waals surface area (Å²) >= 11 is 0. The van der Waals surface area contributed by atoms with Gasteiger partial charge in [0, 0.05) is 34.2 Å². The molecule has 0 aliphatic carbocycles. The van der Waals surface area contributed by atoms with Crippen molar-refractivity contribution in [1.29, 1.82) is 0 Å². The minimum absolute atomic E-state index is 0.388. The van der Waals surface area contributed by atoms with E-state index in [0.29, 0.717) is 28.5 Å². The average molecular weight is 366 g/mol. The minimum atomic E-state index is -0.393. The number of hydrogen-bond acceptors (Lipinski definition) is 6. The molecule has 0 bridgehead atoms. The van der Waals surface area contributed by atoms with Gasteiger partial charge in [-0.3, -0.25) is 0 Å². The number of carbonyl (C=O) groups is 1. The van der Waals surface area contributed by atoms with Crippen LogP contribution in [0.4, 0.5) is 17.2 Å². The van der Waals surface area contributed by atoms with Crippen LogP contribution < -0.4 is 16.8 Å². The number of nitrogens with two attached hydrogens (primary N) is 2. The third-order valence-corrected chi connectivity index (χ3v) is 5.09. The van der Waals surface area contributed by atoms with Gasteiger partial charge in [-0.2, -0.15) is 0 Å². The summed E-state index contributed by atoms with van der Waals surface area (Å²) in [5.74, 6) is -0.0878. The molecule has 1 aromatic heterocycles. The van der Waals surface area contributed by atoms with E-state index in [4.69, 9.17) is 21.2 Å². The first kappa shape index (κ1) is 18.8. The Morgan fingerprint density at radius 1 is 1.26 bits per heavy atom. The van der Waals surface area contributed by atoms with Gasteiger partial charge >= 0.3 is 5.97 Å². The van der Waals surface area contributed by atoms with Crippen molar-refractivity contribution in [3.63, 3.8) is 0 Å². The largest absolute Gasteiger partial charge is 0.466 e. The van der Waals surface area contributed by atoms with Crippen LogP contribution in [0.3, 0.4) is 0 Å². The van der Waals surface area contributed by atoms with Crippen molar-refractivity contribution in [3.05, 3.63) is 57.9 Å². The number of esters is 1. The van der Waals surface area contributed by atoms with Crippen LogP contribution in [0.15, 0.2) is 35.5 Å². The second-order valence-corrected chi connectivity index (χ2v) is 6.68. The van der Waals surface area contributed by atoms with Crippen LogP contribution in [0.1, 0.15) is 49.1 Å². The van der Waals surface area contributed by atoms with Crippen LogP contribution >= 0.6 is 0 Å². The fraction of sp³-hybridized carbons (Fsp3) is 0.333. The second-order valence-electron chi connectivity index (χ2n) is 6.68. The van der Waals surface area contributed by atoms with Gasteiger partial charge in [-0.15, -0.1) is 0 Å². The highest BCUT2D eigenvalue weighted by atomic mass is 16.5. The lowest BCUT2D eigenvalue weighted by Gasteiger charge is -2.32. The Hall–Kier alpha value is -3.02. The third-order valence-electron chi connectivity index (χ3n) is 5.09. The number of pyridine rings is 1. The lowest BCUT2D eigenvalue weighted by atomic mass is 9.80. The molecule has 0 radical (unpaired) electrons. The molecule has 0 spiro atoms. The number of aryl methyl sites for hydroxylation is 1. The molecular formula is C21H26N4O2. The summed E-state index contributed by atoms with van der Waals surface area (Å²) in [4.78, 5) is 17.5. The maximum atomic E-state index is 12.6. The first-order valence-electron chi connectivity index (χ1n) is 9.15. The van der Waals surface area contributed by atoms with E-state index in [2.05, 4.69) is 19.2 Å². The first-order valence-corrected chi connectivity index (χ1v) is 9.15. The number of allylic oxidation sites excluding steroid dienone is 1. The quantitative estimate of drug-likeness (QED) is 0.566. The molecule has 6 nitrogen and oxygen atoms in total. The molecule has 142 valence electrons. The van der Waals surface area contributed by atoms with Crippen LogP contribution in [-0.4, -0.2) is 18.1 Å². The lowest BCUT2D eigenvalue weighted by Crippen LogP contribution is -2.26. The van der Waals surface area contributed by atoms with Gasteiger partial charge in [0.05, 0.1) is 12.7 Å². The van der Waals surface area contributed by atoms with Crippen LogP contribution in [0.2, 0.25) is 0 Å². The summed E-state index contributed by atoms with van der Waals surface area (Å²) in [7, 11) is 1.38. The van der Waals surface area contributed by atoms with Gasteiger partial charge in [0.25, 0.3) is 0 Å². The zero-order chi connectivity index (χ0) is 19.7. The fourth-order valence-electron chi connectivity index (χ4n) is 3.84. The Bertz CT molecular complexity index is 934. The van der Waals surface area contributed by atoms with E-state index in [1.807, 2.05) is 31.2 Å². The topological polar surface area (TPSA) is 103 Å². The predicted molar refractivity (Wildman–Crippen MR) is 108 cm³/mol. The molecule has 1 aromatic carbocycles. The zero-order valence-corrected chi connectivity index (χ0v) is 16.2. The first-order chi connectivity index (χ1) is 12.9. The Balaban J connectivity index is 2.35. The van der Waals surface area contributed by atoms with Crippen molar-refractivity contribution >= 4 is 23.2 Å². The summed E-state index contributed by atoms with van der Waals surface area (Å²) in [6.45, 7) is 5.98. The van der Waals surface area contributed by atoms with Crippen molar-refractivity contribution in [2.24, 2.45) is 0 Å². The molecule has 6 heteroatoms. The molecule has 0 fully saturated rings. The van der Waals surface area contributed by atoms with Crippen LogP contribution in [0, 0.1) is 0 Å². The van der Waals surface area contributed by atoms with Crippen molar-refractivity contribution < 1.29 is 9.53 Å². The monoisotopic (exact) mass is 366 g/mol. The number of nitrogen functional groups attached to an aromatic ring is 2. The Morgan fingerprint density at radius 3 is 2.59 bits per heavy atom. The summed E-state index contributed by atoms with van der Waals surface area (Å²) in [5, 5.41) is 3.26. The molecule has 1 unspecified atom stereocenters. The van der Waals surface area contributed by atoms with Crippen LogP contribution in [0.5, 0.6) is 0 Å². The molecule has 2 aromatic rings. The number of anilines is 3. The highest BCUT2D eigenvalue weighted by molar-refractivity contribution is 5.95. The number of ether oxygens (including phenoxy) is 1. The second kappa shape index (κ2) is 7.31. The van der Waals surface area contributed by atoms with Gasteiger partial charge < -0.3 is 21.5 Å². The van der Waals surface area contributed by atoms with Crippen molar-refractivity contribution in [2.45, 2.75) is 39.5 Å². The number of rotatable bonds is 4. The van der Waals surface area contributed by atoms with Crippen molar-refractivity contribution in [2.75, 3.05) is 23.9 Å². The van der Waals surface area contributed by atoms with Gasteiger partial charge in [-0.1, -0.05) is 26.0 Å². The molecular weight excluding hydrogens is 340 g/mol. The van der Waals surface area contributed by atoms with E-state index < -0.39 is 5.97 Å². The average Bonchev–Trinajstić information content (AvgIpc) is 2.66. The smallest absolute Gasteiger partial charge is 0.336 e. The predicted octanol–water partition coefficient (Wildman–Crippen LogP) is 3.38. The molecule has 2 heterocycles. The normalized spacial score (nSPS) is 15.9. The summed E-state index contributed by atoms with van der Waals surface area (Å²) in [5.41, 5.74) is 18.9. The number of methoxy groups -OCH3 is 1. The van der Waals surface area contributed by atoms with Gasteiger partial charge in [0.2, 0.25) is 0 Å². The maximum absolute atomic E-state index is 12.6. The number of nitrogens with one attached hydrogen (secondary N) is 1. The van der Waals surface area contributed by atoms with Gasteiger partial charge in [-0.25, -0.2) is 9.78 Å². The molecule has 1 aliphatic rings. The maximum Gasteiger partial charge on any atom is 0.336 e. The van der Waals surface area contributed by atoms with Gasteiger partial charge in [0.1, 0.15) is 5.82 Å². The summed E-state index contributed by atoms with van der Waals surface area (Å²) in [6, 6.07) is 7.51. The molecule has 0 saturated carbocycles. The molecule has 1 atom stereocenters. The van der Waals surface area contributed by atoms with Gasteiger partial charge in [0.15, 0.2) is 0 Å². The highest BCUT2D eigenvalue weighted by Crippen LogP contribution is 2.46. The Morgan fingerprint density at radius 2 is 2.00 bits per heavy atom. The summed E-state index contributed by atoms with van der Waals surface area (Å²) < 4.78 is 5.07.